The van der Waals surface area contributed by atoms with E-state index in [0.29, 0.717) is 6.54 Å². The summed E-state index contributed by atoms with van der Waals surface area (Å²) in [6.07, 6.45) is 0. The van der Waals surface area contributed by atoms with Crippen LogP contribution in [0.25, 0.3) is 0 Å². The molecule has 0 aliphatic heterocycles. The van der Waals surface area contributed by atoms with Gasteiger partial charge in [0.15, 0.2) is 0 Å². The first-order valence-corrected chi connectivity index (χ1v) is 6.88. The smallest absolute Gasteiger partial charge is 0.250 e. The molecule has 0 saturated carbocycles. The van der Waals surface area contributed by atoms with Crippen LogP contribution in [0.15, 0.2) is 24.3 Å². The number of rotatable bonds is 5. The van der Waals surface area contributed by atoms with E-state index in [1.54, 1.807) is 0 Å². The van der Waals surface area contributed by atoms with E-state index in [2.05, 4.69) is 19.2 Å². The predicted octanol–water partition coefficient (Wildman–Crippen LogP) is 2.68. The molecule has 0 atom stereocenters. The summed E-state index contributed by atoms with van der Waals surface area (Å²) in [6.45, 7) is 10.6. The third kappa shape index (κ3) is 5.31. The fraction of sp³-hybridized carbons (Fsp3) is 0.562. The molecule has 20 heavy (non-hydrogen) atoms. The van der Waals surface area contributed by atoms with E-state index in [4.69, 9.17) is 10.5 Å². The molecule has 0 heterocycles. The molecule has 4 nitrogen and oxygen atoms in total. The predicted molar refractivity (Wildman–Crippen MR) is 82.9 cm³/mol. The first kappa shape index (κ1) is 16.7. The topological polar surface area (TPSA) is 64.3 Å². The summed E-state index contributed by atoms with van der Waals surface area (Å²) in [5, 5.41) is 2.82. The van der Waals surface area contributed by atoms with Gasteiger partial charge < -0.3 is 15.8 Å². The summed E-state index contributed by atoms with van der Waals surface area (Å²) in [4.78, 5) is 11.7. The second-order valence-electron chi connectivity index (χ2n) is 6.61. The quantitative estimate of drug-likeness (QED) is 0.870. The van der Waals surface area contributed by atoms with Crippen LogP contribution in [-0.4, -0.2) is 24.7 Å². The maximum atomic E-state index is 11.7. The van der Waals surface area contributed by atoms with Gasteiger partial charge in [-0.2, -0.15) is 0 Å². The Bertz CT molecular complexity index is 445. The van der Waals surface area contributed by atoms with Crippen molar-refractivity contribution in [3.8, 4) is 0 Å². The molecule has 0 aliphatic carbocycles. The number of nitrogens with two attached hydrogens (primary N) is 1. The van der Waals surface area contributed by atoms with Gasteiger partial charge in [-0.15, -0.1) is 0 Å². The lowest BCUT2D eigenvalue weighted by molar-refractivity contribution is -0.125. The van der Waals surface area contributed by atoms with E-state index in [1.165, 1.54) is 0 Å². The van der Waals surface area contributed by atoms with Gasteiger partial charge in [-0.3, -0.25) is 4.79 Å². The van der Waals surface area contributed by atoms with Crippen LogP contribution >= 0.6 is 0 Å². The van der Waals surface area contributed by atoms with Crippen molar-refractivity contribution < 1.29 is 9.53 Å². The molecule has 0 fully saturated rings. The van der Waals surface area contributed by atoms with Crippen molar-refractivity contribution >= 4 is 11.6 Å². The molecule has 1 aromatic rings. The number of benzene rings is 1. The van der Waals surface area contributed by atoms with Gasteiger partial charge in [0.25, 0.3) is 0 Å². The van der Waals surface area contributed by atoms with Gasteiger partial charge in [0.05, 0.1) is 5.60 Å². The lowest BCUT2D eigenvalue weighted by Gasteiger charge is -2.23. The van der Waals surface area contributed by atoms with E-state index >= 15 is 0 Å². The Kier molecular flexibility index (Phi) is 5.31. The van der Waals surface area contributed by atoms with Crippen molar-refractivity contribution in [1.29, 1.82) is 0 Å². The lowest BCUT2D eigenvalue weighted by atomic mass is 9.85. The van der Waals surface area contributed by atoms with Crippen LogP contribution in [0.4, 0.5) is 5.69 Å². The zero-order valence-corrected chi connectivity index (χ0v) is 13.1. The van der Waals surface area contributed by atoms with Crippen LogP contribution in [0.5, 0.6) is 0 Å². The third-order valence-corrected chi connectivity index (χ3v) is 3.10. The highest BCUT2D eigenvalue weighted by atomic mass is 16.5. The minimum Gasteiger partial charge on any atom is -0.366 e. The number of hydrogen-bond acceptors (Lipinski definition) is 3. The number of anilines is 1. The average Bonchev–Trinajstić information content (AvgIpc) is 2.36. The molecule has 0 saturated heterocycles. The zero-order chi connectivity index (χ0) is 15.4. The fourth-order valence-electron chi connectivity index (χ4n) is 1.60. The largest absolute Gasteiger partial charge is 0.366 e. The van der Waals surface area contributed by atoms with E-state index in [9.17, 15) is 4.79 Å². The molecular weight excluding hydrogens is 252 g/mol. The Hall–Kier alpha value is -1.39. The summed E-state index contributed by atoms with van der Waals surface area (Å²) < 4.78 is 5.43. The molecule has 3 N–H and O–H groups in total. The second-order valence-corrected chi connectivity index (χ2v) is 6.61. The van der Waals surface area contributed by atoms with Gasteiger partial charge in [0.1, 0.15) is 6.61 Å². The first-order valence-electron chi connectivity index (χ1n) is 6.88. The molecule has 0 bridgehead atoms. The van der Waals surface area contributed by atoms with Crippen molar-refractivity contribution in [3.63, 3.8) is 0 Å². The Morgan fingerprint density at radius 2 is 1.70 bits per heavy atom. The molecule has 1 rings (SSSR count). The highest BCUT2D eigenvalue weighted by molar-refractivity contribution is 5.91. The van der Waals surface area contributed by atoms with Gasteiger partial charge >= 0.3 is 0 Å². The van der Waals surface area contributed by atoms with Crippen LogP contribution in [0.1, 0.15) is 40.2 Å². The molecule has 0 radical (unpaired) electrons. The Balaban J connectivity index is 2.60. The van der Waals surface area contributed by atoms with E-state index in [1.807, 2.05) is 45.0 Å². The minimum atomic E-state index is -0.313. The molecule has 0 spiro atoms. The van der Waals surface area contributed by atoms with Crippen molar-refractivity contribution in [2.45, 2.75) is 45.6 Å². The van der Waals surface area contributed by atoms with Crippen LogP contribution in [0.2, 0.25) is 0 Å². The van der Waals surface area contributed by atoms with Crippen LogP contribution in [0.3, 0.4) is 0 Å². The molecule has 0 aromatic heterocycles. The number of nitrogens with one attached hydrogen (secondary N) is 1. The standard InChI is InChI=1S/C16H26N2O2/c1-15(2,3)20-10-14(19)18-13-8-6-12(7-9-13)16(4,5)11-17/h6-9H,10-11,17H2,1-5H3,(H,18,19). The van der Waals surface area contributed by atoms with Gasteiger partial charge in [-0.05, 0) is 38.5 Å². The first-order chi connectivity index (χ1) is 9.14. The molecule has 0 unspecified atom stereocenters. The lowest BCUT2D eigenvalue weighted by Crippen LogP contribution is -2.28. The van der Waals surface area contributed by atoms with Gasteiger partial charge in [-0.25, -0.2) is 0 Å². The summed E-state index contributed by atoms with van der Waals surface area (Å²) in [7, 11) is 0. The minimum absolute atomic E-state index is 0.0551. The summed E-state index contributed by atoms with van der Waals surface area (Å²) in [5.74, 6) is -0.147. The summed E-state index contributed by atoms with van der Waals surface area (Å²) >= 11 is 0. The summed E-state index contributed by atoms with van der Waals surface area (Å²) in [5.41, 5.74) is 7.30. The molecule has 1 amide bonds. The Morgan fingerprint density at radius 3 is 2.15 bits per heavy atom. The van der Waals surface area contributed by atoms with Crippen molar-refractivity contribution in [2.24, 2.45) is 5.73 Å². The Morgan fingerprint density at radius 1 is 1.15 bits per heavy atom. The number of carbonyl (C=O) groups excluding carboxylic acids is 1. The van der Waals surface area contributed by atoms with Gasteiger partial charge in [0, 0.05) is 17.6 Å². The van der Waals surface area contributed by atoms with E-state index in [0.717, 1.165) is 11.3 Å². The van der Waals surface area contributed by atoms with Crippen molar-refractivity contribution in [3.05, 3.63) is 29.8 Å². The summed E-state index contributed by atoms with van der Waals surface area (Å²) in [6, 6.07) is 7.77. The van der Waals surface area contributed by atoms with Crippen LogP contribution in [-0.2, 0) is 14.9 Å². The van der Waals surface area contributed by atoms with Crippen molar-refractivity contribution in [1.82, 2.24) is 0 Å². The van der Waals surface area contributed by atoms with Gasteiger partial charge in [0.2, 0.25) is 5.91 Å². The third-order valence-electron chi connectivity index (χ3n) is 3.10. The Labute approximate surface area is 121 Å². The number of ether oxygens (including phenoxy) is 1. The van der Waals surface area contributed by atoms with Crippen LogP contribution in [0, 0.1) is 0 Å². The average molecular weight is 278 g/mol. The van der Waals surface area contributed by atoms with Gasteiger partial charge in [-0.1, -0.05) is 26.0 Å². The SMILES string of the molecule is CC(C)(C)OCC(=O)Nc1ccc(C(C)(C)CN)cc1. The molecule has 1 aromatic carbocycles. The van der Waals surface area contributed by atoms with E-state index in [-0.39, 0.29) is 23.5 Å². The van der Waals surface area contributed by atoms with Crippen molar-refractivity contribution in [2.75, 3.05) is 18.5 Å². The number of hydrogen-bond donors (Lipinski definition) is 2. The zero-order valence-electron chi connectivity index (χ0n) is 13.1. The molecule has 112 valence electrons. The maximum Gasteiger partial charge on any atom is 0.250 e. The number of amides is 1. The molecule has 0 aliphatic rings. The molecular formula is C16H26N2O2. The fourth-order valence-corrected chi connectivity index (χ4v) is 1.60. The molecule has 4 heteroatoms. The van der Waals surface area contributed by atoms with Crippen LogP contribution < -0.4 is 11.1 Å². The monoisotopic (exact) mass is 278 g/mol. The maximum absolute atomic E-state index is 11.7. The highest BCUT2D eigenvalue weighted by Crippen LogP contribution is 2.23. The highest BCUT2D eigenvalue weighted by Gasteiger charge is 2.18. The van der Waals surface area contributed by atoms with E-state index < -0.39 is 0 Å². The number of carbonyl (C=O) groups is 1. The second kappa shape index (κ2) is 6.37. The normalized spacial score (nSPS) is 12.3.